The van der Waals surface area contributed by atoms with Crippen LogP contribution in [-0.4, -0.2) is 23.3 Å². The van der Waals surface area contributed by atoms with E-state index < -0.39 is 5.92 Å². The van der Waals surface area contributed by atoms with Crippen LogP contribution in [0.5, 0.6) is 0 Å². The smallest absolute Gasteiger partial charge is 0.228 e. The van der Waals surface area contributed by atoms with Gasteiger partial charge in [-0.15, -0.1) is 11.3 Å². The van der Waals surface area contributed by atoms with Gasteiger partial charge in [0.25, 0.3) is 0 Å². The quantitative estimate of drug-likeness (QED) is 0.759. The Morgan fingerprint density at radius 1 is 1.20 bits per heavy atom. The van der Waals surface area contributed by atoms with Crippen LogP contribution in [-0.2, 0) is 16.0 Å². The van der Waals surface area contributed by atoms with E-state index >= 15 is 0 Å². The Hall–Kier alpha value is -2.73. The van der Waals surface area contributed by atoms with Crippen molar-refractivity contribution in [1.82, 2.24) is 10.3 Å². The summed E-state index contributed by atoms with van der Waals surface area (Å²) in [5, 5.41) is 6.77. The molecule has 1 aromatic heterocycles. The first-order valence-electron chi connectivity index (χ1n) is 8.21. The molecule has 0 spiro atoms. The second kappa shape index (κ2) is 6.64. The van der Waals surface area contributed by atoms with Gasteiger partial charge in [0.15, 0.2) is 0 Å². The number of aromatic nitrogens is 1. The molecule has 1 aliphatic rings. The number of thiazole rings is 1. The minimum atomic E-state index is -0.430. The van der Waals surface area contributed by atoms with Crippen LogP contribution in [0, 0.1) is 0 Å². The molecule has 2 aromatic carbocycles. The first kappa shape index (κ1) is 15.8. The maximum Gasteiger partial charge on any atom is 0.228 e. The summed E-state index contributed by atoms with van der Waals surface area (Å²) in [5.41, 5.74) is 2.59. The number of hydrogen-bond donors (Lipinski definition) is 2. The molecule has 0 radical (unpaired) electrons. The highest BCUT2D eigenvalue weighted by atomic mass is 32.1. The minimum Gasteiger partial charge on any atom is -0.355 e. The van der Waals surface area contributed by atoms with E-state index in [1.54, 1.807) is 11.3 Å². The fourth-order valence-corrected chi connectivity index (χ4v) is 4.05. The van der Waals surface area contributed by atoms with Crippen molar-refractivity contribution in [3.05, 3.63) is 59.1 Å². The number of hydrogen-bond acceptors (Lipinski definition) is 4. The van der Waals surface area contributed by atoms with Crippen LogP contribution in [0.2, 0.25) is 0 Å². The van der Waals surface area contributed by atoms with Crippen molar-refractivity contribution in [3.63, 3.8) is 0 Å². The van der Waals surface area contributed by atoms with Gasteiger partial charge in [-0.3, -0.25) is 9.59 Å². The lowest BCUT2D eigenvalue weighted by Crippen LogP contribution is -2.35. The molecule has 0 aliphatic carbocycles. The lowest BCUT2D eigenvalue weighted by Gasteiger charge is -2.24. The molecule has 4 rings (SSSR count). The van der Waals surface area contributed by atoms with E-state index in [-0.39, 0.29) is 18.2 Å². The Bertz CT molecular complexity index is 918. The Morgan fingerprint density at radius 3 is 2.88 bits per heavy atom. The molecule has 2 heterocycles. The maximum absolute atomic E-state index is 12.6. The third kappa shape index (κ3) is 3.25. The monoisotopic (exact) mass is 351 g/mol. The summed E-state index contributed by atoms with van der Waals surface area (Å²) in [6, 6.07) is 15.5. The molecule has 0 fully saturated rings. The van der Waals surface area contributed by atoms with Gasteiger partial charge in [-0.25, -0.2) is 4.98 Å². The van der Waals surface area contributed by atoms with Gasteiger partial charge in [0.05, 0.1) is 21.1 Å². The summed E-state index contributed by atoms with van der Waals surface area (Å²) >= 11 is 1.65. The topological polar surface area (TPSA) is 71.1 Å². The van der Waals surface area contributed by atoms with E-state index in [4.69, 9.17) is 0 Å². The van der Waals surface area contributed by atoms with E-state index in [1.165, 1.54) is 0 Å². The van der Waals surface area contributed by atoms with Crippen LogP contribution in [0.1, 0.15) is 22.9 Å². The number of amides is 2. The molecule has 1 aliphatic heterocycles. The standard InChI is InChI=1S/C19H17N3O2S/c23-17-11-13(12-5-1-2-6-14(12)21-17)19(24)20-10-9-18-22-15-7-3-4-8-16(15)25-18/h1-8,13H,9-11H2,(H,20,24)(H,21,23). The molecule has 5 nitrogen and oxygen atoms in total. The number of carbonyl (C=O) groups is 2. The zero-order valence-corrected chi connectivity index (χ0v) is 14.3. The molecule has 3 aromatic rings. The van der Waals surface area contributed by atoms with E-state index in [0.717, 1.165) is 26.5 Å². The van der Waals surface area contributed by atoms with E-state index in [9.17, 15) is 9.59 Å². The summed E-state index contributed by atoms with van der Waals surface area (Å²) < 4.78 is 1.15. The molecule has 0 saturated heterocycles. The number of carbonyl (C=O) groups excluding carboxylic acids is 2. The highest BCUT2D eigenvalue weighted by molar-refractivity contribution is 7.18. The van der Waals surface area contributed by atoms with Crippen LogP contribution in [0.15, 0.2) is 48.5 Å². The lowest BCUT2D eigenvalue weighted by molar-refractivity contribution is -0.126. The van der Waals surface area contributed by atoms with Gasteiger partial charge in [-0.2, -0.15) is 0 Å². The zero-order valence-electron chi connectivity index (χ0n) is 13.5. The molecule has 2 N–H and O–H groups in total. The zero-order chi connectivity index (χ0) is 17.2. The molecular weight excluding hydrogens is 334 g/mol. The van der Waals surface area contributed by atoms with Gasteiger partial charge in [0.2, 0.25) is 11.8 Å². The van der Waals surface area contributed by atoms with Gasteiger partial charge < -0.3 is 10.6 Å². The highest BCUT2D eigenvalue weighted by Crippen LogP contribution is 2.32. The third-order valence-corrected chi connectivity index (χ3v) is 5.39. The number of rotatable bonds is 4. The summed E-state index contributed by atoms with van der Waals surface area (Å²) in [4.78, 5) is 29.0. The number of anilines is 1. The second-order valence-corrected chi connectivity index (χ2v) is 7.12. The van der Waals surface area contributed by atoms with Gasteiger partial charge in [-0.05, 0) is 23.8 Å². The average molecular weight is 351 g/mol. The van der Waals surface area contributed by atoms with Crippen LogP contribution in [0.25, 0.3) is 10.2 Å². The first-order valence-corrected chi connectivity index (χ1v) is 9.03. The molecular formula is C19H17N3O2S. The SMILES string of the molecule is O=C1CC(C(=O)NCCc2nc3ccccc3s2)c2ccccc2N1. The molecule has 1 unspecified atom stereocenters. The molecule has 6 heteroatoms. The van der Waals surface area contributed by atoms with Crippen molar-refractivity contribution in [2.75, 3.05) is 11.9 Å². The summed E-state index contributed by atoms with van der Waals surface area (Å²) in [6.45, 7) is 0.513. The number of benzene rings is 2. The van der Waals surface area contributed by atoms with Crippen molar-refractivity contribution in [1.29, 1.82) is 0 Å². The Balaban J connectivity index is 1.41. The summed E-state index contributed by atoms with van der Waals surface area (Å²) in [7, 11) is 0. The van der Waals surface area contributed by atoms with Crippen molar-refractivity contribution in [2.24, 2.45) is 0 Å². The van der Waals surface area contributed by atoms with Crippen molar-refractivity contribution in [2.45, 2.75) is 18.8 Å². The largest absolute Gasteiger partial charge is 0.355 e. The Morgan fingerprint density at radius 2 is 2.00 bits per heavy atom. The maximum atomic E-state index is 12.6. The van der Waals surface area contributed by atoms with Gasteiger partial charge in [0, 0.05) is 25.1 Å². The number of nitrogens with zero attached hydrogens (tertiary/aromatic N) is 1. The number of fused-ring (bicyclic) bond motifs is 2. The fraction of sp³-hybridized carbons (Fsp3) is 0.211. The minimum absolute atomic E-state index is 0.108. The molecule has 25 heavy (non-hydrogen) atoms. The summed E-state index contributed by atoms with van der Waals surface area (Å²) in [5.74, 6) is -0.659. The number of para-hydroxylation sites is 2. The third-order valence-electron chi connectivity index (χ3n) is 4.29. The first-order chi connectivity index (χ1) is 12.2. The average Bonchev–Trinajstić information content (AvgIpc) is 3.03. The van der Waals surface area contributed by atoms with E-state index in [0.29, 0.717) is 13.0 Å². The molecule has 1 atom stereocenters. The van der Waals surface area contributed by atoms with Gasteiger partial charge in [0.1, 0.15) is 0 Å². The van der Waals surface area contributed by atoms with E-state index in [2.05, 4.69) is 15.6 Å². The van der Waals surface area contributed by atoms with Crippen LogP contribution >= 0.6 is 11.3 Å². The predicted octanol–water partition coefficient (Wildman–Crippen LogP) is 3.08. The van der Waals surface area contributed by atoms with Crippen molar-refractivity contribution < 1.29 is 9.59 Å². The van der Waals surface area contributed by atoms with Crippen LogP contribution < -0.4 is 10.6 Å². The van der Waals surface area contributed by atoms with Crippen molar-refractivity contribution in [3.8, 4) is 0 Å². The highest BCUT2D eigenvalue weighted by Gasteiger charge is 2.30. The molecule has 0 bridgehead atoms. The van der Waals surface area contributed by atoms with Gasteiger partial charge >= 0.3 is 0 Å². The predicted molar refractivity (Wildman–Crippen MR) is 98.8 cm³/mol. The second-order valence-electron chi connectivity index (χ2n) is 6.01. The van der Waals surface area contributed by atoms with Crippen molar-refractivity contribution >= 4 is 39.1 Å². The van der Waals surface area contributed by atoms with Crippen LogP contribution in [0.4, 0.5) is 5.69 Å². The van der Waals surface area contributed by atoms with Gasteiger partial charge in [-0.1, -0.05) is 30.3 Å². The van der Waals surface area contributed by atoms with Crippen LogP contribution in [0.3, 0.4) is 0 Å². The molecule has 0 saturated carbocycles. The Kier molecular flexibility index (Phi) is 4.19. The normalized spacial score (nSPS) is 16.3. The van der Waals surface area contributed by atoms with E-state index in [1.807, 2.05) is 48.5 Å². The Labute approximate surface area is 149 Å². The summed E-state index contributed by atoms with van der Waals surface area (Å²) in [6.07, 6.45) is 0.871. The molecule has 126 valence electrons. The lowest BCUT2D eigenvalue weighted by atomic mass is 9.90. The fourth-order valence-electron chi connectivity index (χ4n) is 3.09. The number of nitrogens with one attached hydrogen (secondary N) is 2. The molecule has 2 amide bonds.